The number of carboxylic acid groups (broad SMARTS) is 1. The van der Waals surface area contributed by atoms with Crippen LogP contribution in [0, 0.1) is 5.82 Å². The van der Waals surface area contributed by atoms with Gasteiger partial charge in [0.1, 0.15) is 5.82 Å². The van der Waals surface area contributed by atoms with Gasteiger partial charge in [0.15, 0.2) is 0 Å². The van der Waals surface area contributed by atoms with Crippen LogP contribution in [0.4, 0.5) is 4.39 Å². The largest absolute Gasteiger partial charge is 0.481 e. The quantitative estimate of drug-likeness (QED) is 0.203. The van der Waals surface area contributed by atoms with E-state index in [2.05, 4.69) is 5.32 Å². The van der Waals surface area contributed by atoms with Crippen LogP contribution in [0.2, 0.25) is 0 Å². The molecule has 0 spiro atoms. The van der Waals surface area contributed by atoms with Crippen molar-refractivity contribution in [2.75, 3.05) is 20.1 Å². The van der Waals surface area contributed by atoms with Crippen LogP contribution < -0.4 is 5.32 Å². The molecule has 228 valence electrons. The smallest absolute Gasteiger partial charge is 0.303 e. The molecule has 3 rings (SSSR count). The van der Waals surface area contributed by atoms with Gasteiger partial charge in [-0.3, -0.25) is 4.79 Å². The van der Waals surface area contributed by atoms with E-state index in [9.17, 15) is 22.7 Å². The van der Waals surface area contributed by atoms with Gasteiger partial charge in [0.2, 0.25) is 10.0 Å². The average Bonchev–Trinajstić information content (AvgIpc) is 2.96. The zero-order valence-corrected chi connectivity index (χ0v) is 25.8. The predicted molar refractivity (Wildman–Crippen MR) is 164 cm³/mol. The molecule has 3 aromatic rings. The van der Waals surface area contributed by atoms with E-state index in [1.165, 1.54) is 17.4 Å². The Morgan fingerprint density at radius 2 is 1.67 bits per heavy atom. The Bertz CT molecular complexity index is 1440. The second kappa shape index (κ2) is 14.9. The Labute approximate surface area is 249 Å². The number of benzene rings is 3. The molecule has 42 heavy (non-hydrogen) atoms. The summed E-state index contributed by atoms with van der Waals surface area (Å²) < 4.78 is 42.1. The van der Waals surface area contributed by atoms with E-state index in [0.717, 1.165) is 29.5 Å². The van der Waals surface area contributed by atoms with Gasteiger partial charge in [-0.15, -0.1) is 0 Å². The number of likely N-dealkylation sites (N-methyl/N-ethyl adjacent to an activating group) is 1. The van der Waals surface area contributed by atoms with Gasteiger partial charge < -0.3 is 15.5 Å². The first kappa shape index (κ1) is 33.4. The standard InChI is InChI=1S/C33H43FN2O5S/c1-5-25-21-28(26-15-12-24(13-16-26)14-19-32(38)39)17-18-31(25)42(40,41)36(4)23-29(37)22-35-33(2,3)20-8-10-27-9-6-7-11-30(27)34/h6-7,9,11-13,15-18,21,29,35,37H,5,8,10,14,19-20,22-23H2,1-4H3,(H,38,39)/t29-/m1/s1. The van der Waals surface area contributed by atoms with Crippen molar-refractivity contribution in [2.24, 2.45) is 0 Å². The Hall–Kier alpha value is -3.11. The number of nitrogens with one attached hydrogen (secondary N) is 1. The number of carbonyl (C=O) groups is 1. The third-order valence-corrected chi connectivity index (χ3v) is 9.46. The van der Waals surface area contributed by atoms with Crippen molar-refractivity contribution in [3.63, 3.8) is 0 Å². The number of hydrogen-bond donors (Lipinski definition) is 3. The van der Waals surface area contributed by atoms with Crippen LogP contribution in [-0.2, 0) is 34.1 Å². The number of hydrogen-bond acceptors (Lipinski definition) is 5. The highest BCUT2D eigenvalue weighted by molar-refractivity contribution is 7.89. The molecule has 0 aliphatic rings. The molecular formula is C33H43FN2O5S. The number of aliphatic hydroxyl groups is 1. The average molecular weight is 599 g/mol. The summed E-state index contributed by atoms with van der Waals surface area (Å²) in [5.41, 5.74) is 3.77. The number of sulfonamides is 1. The third kappa shape index (κ3) is 9.46. The molecule has 0 saturated carbocycles. The molecule has 0 heterocycles. The van der Waals surface area contributed by atoms with Crippen LogP contribution in [0.5, 0.6) is 0 Å². The molecule has 0 radical (unpaired) electrons. The molecule has 0 unspecified atom stereocenters. The van der Waals surface area contributed by atoms with Gasteiger partial charge in [-0.05, 0) is 92.0 Å². The summed E-state index contributed by atoms with van der Waals surface area (Å²) in [6, 6.07) is 19.6. The van der Waals surface area contributed by atoms with Gasteiger partial charge in [0.25, 0.3) is 0 Å². The van der Waals surface area contributed by atoms with Crippen LogP contribution in [0.15, 0.2) is 71.6 Å². The Morgan fingerprint density at radius 1 is 1.00 bits per heavy atom. The van der Waals surface area contributed by atoms with Crippen molar-refractivity contribution in [3.05, 3.63) is 89.2 Å². The van der Waals surface area contributed by atoms with Gasteiger partial charge in [-0.1, -0.05) is 55.5 Å². The number of aliphatic carboxylic acids is 1. The first-order chi connectivity index (χ1) is 19.8. The van der Waals surface area contributed by atoms with E-state index in [4.69, 9.17) is 5.11 Å². The molecule has 0 saturated heterocycles. The molecule has 0 aliphatic heterocycles. The van der Waals surface area contributed by atoms with E-state index < -0.39 is 22.1 Å². The zero-order chi connectivity index (χ0) is 30.9. The fourth-order valence-electron chi connectivity index (χ4n) is 4.93. The monoisotopic (exact) mass is 598 g/mol. The van der Waals surface area contributed by atoms with E-state index in [0.29, 0.717) is 30.4 Å². The van der Waals surface area contributed by atoms with Crippen molar-refractivity contribution >= 4 is 16.0 Å². The predicted octanol–water partition coefficient (Wildman–Crippen LogP) is 5.44. The van der Waals surface area contributed by atoms with Crippen LogP contribution in [0.1, 0.15) is 56.7 Å². The van der Waals surface area contributed by atoms with Crippen LogP contribution >= 0.6 is 0 Å². The topological polar surface area (TPSA) is 107 Å². The number of rotatable bonds is 16. The van der Waals surface area contributed by atoms with Gasteiger partial charge >= 0.3 is 5.97 Å². The molecule has 7 nitrogen and oxygen atoms in total. The minimum atomic E-state index is -3.85. The molecule has 0 amide bonds. The normalized spacial score (nSPS) is 12.9. The molecule has 0 aliphatic carbocycles. The van der Waals surface area contributed by atoms with Crippen molar-refractivity contribution in [1.82, 2.24) is 9.62 Å². The molecule has 0 fully saturated rings. The fourth-order valence-corrected chi connectivity index (χ4v) is 6.41. The Balaban J connectivity index is 1.59. The molecule has 9 heteroatoms. The third-order valence-electron chi connectivity index (χ3n) is 7.53. The lowest BCUT2D eigenvalue weighted by Crippen LogP contribution is -2.46. The molecule has 3 aromatic carbocycles. The second-order valence-electron chi connectivity index (χ2n) is 11.4. The molecule has 1 atom stereocenters. The minimum Gasteiger partial charge on any atom is -0.481 e. The van der Waals surface area contributed by atoms with Gasteiger partial charge in [-0.25, -0.2) is 12.8 Å². The van der Waals surface area contributed by atoms with Crippen molar-refractivity contribution in [3.8, 4) is 11.1 Å². The summed E-state index contributed by atoms with van der Waals surface area (Å²) in [5, 5.41) is 22.9. The summed E-state index contributed by atoms with van der Waals surface area (Å²) in [7, 11) is -2.37. The summed E-state index contributed by atoms with van der Waals surface area (Å²) >= 11 is 0. The SMILES string of the molecule is CCc1cc(-c2ccc(CCC(=O)O)cc2)ccc1S(=O)(=O)N(C)C[C@H](O)CNC(C)(C)CCCc1ccccc1F. The Morgan fingerprint density at radius 3 is 2.31 bits per heavy atom. The van der Waals surface area contributed by atoms with Gasteiger partial charge in [-0.2, -0.15) is 4.31 Å². The maximum absolute atomic E-state index is 13.9. The lowest BCUT2D eigenvalue weighted by Gasteiger charge is -2.29. The van der Waals surface area contributed by atoms with Crippen LogP contribution in [0.3, 0.4) is 0 Å². The highest BCUT2D eigenvalue weighted by atomic mass is 32.2. The molecule has 3 N–H and O–H groups in total. The minimum absolute atomic E-state index is 0.0661. The second-order valence-corrected chi connectivity index (χ2v) is 13.4. The first-order valence-electron chi connectivity index (χ1n) is 14.4. The maximum atomic E-state index is 13.9. The fraction of sp³-hybridized carbons (Fsp3) is 0.424. The van der Waals surface area contributed by atoms with Crippen molar-refractivity contribution in [1.29, 1.82) is 0 Å². The summed E-state index contributed by atoms with van der Waals surface area (Å²) in [6.07, 6.45) is 2.28. The number of halogens is 1. The van der Waals surface area contributed by atoms with E-state index in [1.807, 2.05) is 57.2 Å². The zero-order valence-electron chi connectivity index (χ0n) is 24.9. The number of nitrogens with zero attached hydrogens (tertiary/aromatic N) is 1. The van der Waals surface area contributed by atoms with Crippen molar-refractivity contribution < 1.29 is 27.8 Å². The lowest BCUT2D eigenvalue weighted by molar-refractivity contribution is -0.136. The van der Waals surface area contributed by atoms with Crippen molar-refractivity contribution in [2.45, 2.75) is 75.8 Å². The number of β-amino-alcohol motifs (C(OH)–C–C–N with tert-alkyl or cyclic N) is 1. The van der Waals surface area contributed by atoms with E-state index in [1.54, 1.807) is 24.3 Å². The van der Waals surface area contributed by atoms with Crippen LogP contribution in [0.25, 0.3) is 11.1 Å². The molecular weight excluding hydrogens is 555 g/mol. The number of aryl methyl sites for hydroxylation is 3. The highest BCUT2D eigenvalue weighted by Crippen LogP contribution is 2.28. The first-order valence-corrected chi connectivity index (χ1v) is 15.8. The highest BCUT2D eigenvalue weighted by Gasteiger charge is 2.27. The molecule has 0 bridgehead atoms. The van der Waals surface area contributed by atoms with E-state index in [-0.39, 0.29) is 35.8 Å². The van der Waals surface area contributed by atoms with Crippen LogP contribution in [-0.4, -0.2) is 60.7 Å². The number of aliphatic hydroxyl groups excluding tert-OH is 1. The summed E-state index contributed by atoms with van der Waals surface area (Å²) in [5.74, 6) is -1.04. The van der Waals surface area contributed by atoms with Gasteiger partial charge in [0, 0.05) is 32.1 Å². The summed E-state index contributed by atoms with van der Waals surface area (Å²) in [4.78, 5) is 11.0. The van der Waals surface area contributed by atoms with Gasteiger partial charge in [0.05, 0.1) is 11.0 Å². The molecule has 0 aromatic heterocycles. The number of carboxylic acids is 1. The summed E-state index contributed by atoms with van der Waals surface area (Å²) in [6.45, 7) is 6.08. The lowest BCUT2D eigenvalue weighted by atomic mass is 9.95. The maximum Gasteiger partial charge on any atom is 0.303 e. The Kier molecular flexibility index (Phi) is 11.8. The van der Waals surface area contributed by atoms with E-state index >= 15 is 0 Å².